The molecule has 34 heavy (non-hydrogen) atoms. The Bertz CT molecular complexity index is 1520. The van der Waals surface area contributed by atoms with E-state index in [1.165, 1.54) is 24.9 Å². The van der Waals surface area contributed by atoms with Gasteiger partial charge in [-0.2, -0.15) is 10.4 Å². The lowest BCUT2D eigenvalue weighted by atomic mass is 9.93. The summed E-state index contributed by atoms with van der Waals surface area (Å²) in [6.07, 6.45) is 5.73. The molecule has 6 rings (SSSR count). The summed E-state index contributed by atoms with van der Waals surface area (Å²) in [5, 5.41) is 19.8. The van der Waals surface area contributed by atoms with E-state index in [9.17, 15) is 5.26 Å². The van der Waals surface area contributed by atoms with Crippen molar-refractivity contribution in [3.05, 3.63) is 66.0 Å². The van der Waals surface area contributed by atoms with Crippen molar-refractivity contribution in [2.24, 2.45) is 0 Å². The Morgan fingerprint density at radius 1 is 1.00 bits per heavy atom. The van der Waals surface area contributed by atoms with Crippen LogP contribution in [0.25, 0.3) is 44.3 Å². The minimum atomic E-state index is 0. The Morgan fingerprint density at radius 3 is 2.53 bits per heavy atom. The summed E-state index contributed by atoms with van der Waals surface area (Å²) in [4.78, 5) is 10.6. The van der Waals surface area contributed by atoms with Crippen molar-refractivity contribution in [3.63, 3.8) is 0 Å². The summed E-state index contributed by atoms with van der Waals surface area (Å²) in [6, 6.07) is 19.2. The van der Waals surface area contributed by atoms with E-state index >= 15 is 0 Å². The molecule has 0 atom stereocenters. The fraction of sp³-hybridized carbons (Fsp3) is 0.222. The fourth-order valence-corrected chi connectivity index (χ4v) is 5.05. The van der Waals surface area contributed by atoms with Crippen LogP contribution in [0.1, 0.15) is 30.5 Å². The molecule has 1 aliphatic heterocycles. The second-order valence-corrected chi connectivity index (χ2v) is 8.71. The van der Waals surface area contributed by atoms with Crippen molar-refractivity contribution in [1.29, 1.82) is 5.26 Å². The number of nitrogens with zero attached hydrogens (tertiary/aromatic N) is 4. The molecular formula is C27H25ClN6. The van der Waals surface area contributed by atoms with Gasteiger partial charge in [-0.05, 0) is 49.9 Å². The maximum Gasteiger partial charge on any atom is 0.182 e. The van der Waals surface area contributed by atoms with Crippen LogP contribution >= 0.6 is 12.4 Å². The predicted molar refractivity (Wildman–Crippen MR) is 139 cm³/mol. The summed E-state index contributed by atoms with van der Waals surface area (Å²) < 4.78 is 0. The zero-order chi connectivity index (χ0) is 22.4. The number of H-pyrrole nitrogens is 2. The average molecular weight is 469 g/mol. The van der Waals surface area contributed by atoms with Crippen LogP contribution in [-0.4, -0.2) is 33.3 Å². The second-order valence-electron chi connectivity index (χ2n) is 8.71. The first-order valence-corrected chi connectivity index (χ1v) is 11.5. The first-order valence-electron chi connectivity index (χ1n) is 11.5. The highest BCUT2D eigenvalue weighted by atomic mass is 35.5. The molecule has 4 heterocycles. The third-order valence-electron chi connectivity index (χ3n) is 6.72. The molecule has 5 aromatic rings. The molecule has 0 saturated carbocycles. The van der Waals surface area contributed by atoms with Crippen molar-refractivity contribution >= 4 is 40.0 Å². The third-order valence-corrected chi connectivity index (χ3v) is 6.72. The average Bonchev–Trinajstić information content (AvgIpc) is 3.47. The van der Waals surface area contributed by atoms with Gasteiger partial charge in [0.2, 0.25) is 0 Å². The van der Waals surface area contributed by atoms with E-state index in [2.05, 4.69) is 56.5 Å². The number of benzene rings is 2. The number of hydrogen-bond acceptors (Lipinski definition) is 4. The molecule has 0 amide bonds. The van der Waals surface area contributed by atoms with Gasteiger partial charge in [0.15, 0.2) is 5.65 Å². The smallest absolute Gasteiger partial charge is 0.182 e. The highest BCUT2D eigenvalue weighted by molar-refractivity contribution is 6.04. The largest absolute Gasteiger partial charge is 0.372 e. The summed E-state index contributed by atoms with van der Waals surface area (Å²) in [5.41, 5.74) is 7.83. The number of fused-ring (bicyclic) bond motifs is 2. The molecule has 0 aliphatic carbocycles. The minimum absolute atomic E-state index is 0. The van der Waals surface area contributed by atoms with Crippen molar-refractivity contribution in [2.45, 2.75) is 26.2 Å². The Balaban J connectivity index is 0.00000241. The number of halogens is 1. The number of nitrogens with one attached hydrogen (secondary N) is 2. The maximum atomic E-state index is 10.3. The van der Waals surface area contributed by atoms with Gasteiger partial charge in [0.05, 0.1) is 16.6 Å². The number of anilines is 1. The lowest BCUT2D eigenvalue weighted by molar-refractivity contribution is 0.578. The fourth-order valence-electron chi connectivity index (χ4n) is 5.05. The van der Waals surface area contributed by atoms with Gasteiger partial charge >= 0.3 is 0 Å². The molecule has 2 N–H and O–H groups in total. The normalized spacial score (nSPS) is 13.7. The van der Waals surface area contributed by atoms with E-state index in [0.717, 1.165) is 51.8 Å². The third kappa shape index (κ3) is 3.49. The highest BCUT2D eigenvalue weighted by Gasteiger charge is 2.23. The lowest BCUT2D eigenvalue weighted by Gasteiger charge is -2.29. The molecule has 170 valence electrons. The molecule has 2 aromatic carbocycles. The lowest BCUT2D eigenvalue weighted by Crippen LogP contribution is -2.29. The van der Waals surface area contributed by atoms with Crippen molar-refractivity contribution < 1.29 is 0 Å². The first-order chi connectivity index (χ1) is 16.2. The van der Waals surface area contributed by atoms with Crippen LogP contribution in [-0.2, 0) is 0 Å². The molecule has 0 spiro atoms. The molecule has 0 bridgehead atoms. The Labute approximate surface area is 204 Å². The summed E-state index contributed by atoms with van der Waals surface area (Å²) in [6.45, 7) is 4.19. The molecular weight excluding hydrogens is 444 g/mol. The van der Waals surface area contributed by atoms with Crippen LogP contribution in [0.5, 0.6) is 0 Å². The van der Waals surface area contributed by atoms with Gasteiger partial charge in [0, 0.05) is 52.7 Å². The summed E-state index contributed by atoms with van der Waals surface area (Å²) in [7, 11) is 0. The van der Waals surface area contributed by atoms with Crippen molar-refractivity contribution in [2.75, 3.05) is 18.0 Å². The van der Waals surface area contributed by atoms with Crippen LogP contribution < -0.4 is 4.90 Å². The topological polar surface area (TPSA) is 84.4 Å². The standard InChI is InChI=1S/C27H24N6.ClH/c1-17-24-25(18-9-11-19(12-10-18)33-13-5-2-6-14-33)21(15-28)26(30-27(24)32-31-17)22-16-29-23-8-4-3-7-20(22)23;/h3-4,7-12,16,29H,2,5-6,13-14H2,1H3,(H,30,31,32);1H. The van der Waals surface area contributed by atoms with Gasteiger partial charge < -0.3 is 9.88 Å². The number of piperidine rings is 1. The number of aryl methyl sites for hydroxylation is 1. The number of hydrogen-bond donors (Lipinski definition) is 2. The number of aromatic nitrogens is 4. The maximum absolute atomic E-state index is 10.3. The molecule has 6 nitrogen and oxygen atoms in total. The van der Waals surface area contributed by atoms with Gasteiger partial charge in [0.1, 0.15) is 6.07 Å². The zero-order valence-corrected chi connectivity index (χ0v) is 19.7. The van der Waals surface area contributed by atoms with E-state index in [-0.39, 0.29) is 12.4 Å². The van der Waals surface area contributed by atoms with Crippen LogP contribution in [0.15, 0.2) is 54.7 Å². The Kier molecular flexibility index (Phi) is 5.72. The SMILES string of the molecule is Cc1[nH]nc2nc(-c3c[nH]c4ccccc34)c(C#N)c(-c3ccc(N4CCCCC4)cc3)c12.Cl. The number of para-hydroxylation sites is 1. The number of aromatic amines is 2. The molecule has 7 heteroatoms. The molecule has 0 unspecified atom stereocenters. The van der Waals surface area contributed by atoms with Crippen LogP contribution in [0.4, 0.5) is 5.69 Å². The Hall–Kier alpha value is -3.82. The Morgan fingerprint density at radius 2 is 1.76 bits per heavy atom. The van der Waals surface area contributed by atoms with Crippen LogP contribution in [0.3, 0.4) is 0 Å². The molecule has 1 aliphatic rings. The van der Waals surface area contributed by atoms with Gasteiger partial charge in [-0.3, -0.25) is 5.10 Å². The number of rotatable bonds is 3. The molecule has 3 aromatic heterocycles. The van der Waals surface area contributed by atoms with Gasteiger partial charge in [-0.1, -0.05) is 30.3 Å². The van der Waals surface area contributed by atoms with Gasteiger partial charge in [0.25, 0.3) is 0 Å². The number of pyridine rings is 1. The molecule has 1 fully saturated rings. The highest BCUT2D eigenvalue weighted by Crippen LogP contribution is 2.39. The van der Waals surface area contributed by atoms with E-state index in [1.54, 1.807) is 0 Å². The van der Waals surface area contributed by atoms with Crippen LogP contribution in [0, 0.1) is 18.3 Å². The van der Waals surface area contributed by atoms with E-state index in [4.69, 9.17) is 4.98 Å². The molecule has 1 saturated heterocycles. The number of nitriles is 1. The minimum Gasteiger partial charge on any atom is -0.372 e. The monoisotopic (exact) mass is 468 g/mol. The predicted octanol–water partition coefficient (Wildman–Crippen LogP) is 6.37. The van der Waals surface area contributed by atoms with Gasteiger partial charge in [-0.15, -0.1) is 12.4 Å². The van der Waals surface area contributed by atoms with Crippen molar-refractivity contribution in [1.82, 2.24) is 20.2 Å². The summed E-state index contributed by atoms with van der Waals surface area (Å²) >= 11 is 0. The molecule has 0 radical (unpaired) electrons. The quantitative estimate of drug-likeness (QED) is 0.322. The zero-order valence-electron chi connectivity index (χ0n) is 18.9. The van der Waals surface area contributed by atoms with E-state index in [0.29, 0.717) is 16.9 Å². The van der Waals surface area contributed by atoms with Crippen LogP contribution in [0.2, 0.25) is 0 Å². The van der Waals surface area contributed by atoms with E-state index in [1.807, 2.05) is 31.3 Å². The second kappa shape index (κ2) is 8.85. The van der Waals surface area contributed by atoms with Gasteiger partial charge in [-0.25, -0.2) is 4.98 Å². The summed E-state index contributed by atoms with van der Waals surface area (Å²) in [5.74, 6) is 0. The first kappa shape index (κ1) is 22.0. The van der Waals surface area contributed by atoms with Crippen molar-refractivity contribution in [3.8, 4) is 28.5 Å². The van der Waals surface area contributed by atoms with E-state index < -0.39 is 0 Å².